The topological polar surface area (TPSA) is 115 Å². The molecule has 10 heteroatoms. The van der Waals surface area contributed by atoms with E-state index in [4.69, 9.17) is 9.47 Å². The van der Waals surface area contributed by atoms with Crippen molar-refractivity contribution in [3.8, 4) is 5.75 Å². The van der Waals surface area contributed by atoms with Gasteiger partial charge in [0.05, 0.1) is 50.9 Å². The van der Waals surface area contributed by atoms with Gasteiger partial charge in [0.15, 0.2) is 6.54 Å². The molecule has 2 amide bonds. The molecule has 26 heavy (non-hydrogen) atoms. The lowest BCUT2D eigenvalue weighted by Gasteiger charge is -2.31. The first-order valence-electron chi connectivity index (χ1n) is 8.32. The molecule has 1 saturated heterocycles. The average Bonchev–Trinajstić information content (AvgIpc) is 2.62. The lowest BCUT2D eigenvalue weighted by Crippen LogP contribution is -3.15. The van der Waals surface area contributed by atoms with Crippen LogP contribution in [0.15, 0.2) is 18.2 Å². The number of amides is 2. The Balaban J connectivity index is 1.90. The van der Waals surface area contributed by atoms with E-state index in [-0.39, 0.29) is 29.9 Å². The Kier molecular flexibility index (Phi) is 6.73. The van der Waals surface area contributed by atoms with Gasteiger partial charge in [0, 0.05) is 0 Å². The number of piperazine rings is 1. The van der Waals surface area contributed by atoms with Gasteiger partial charge in [-0.05, 0) is 19.1 Å². The molecule has 2 N–H and O–H groups in total. The van der Waals surface area contributed by atoms with Crippen molar-refractivity contribution >= 4 is 23.4 Å². The number of carbonyl (C=O) groups is 2. The summed E-state index contributed by atoms with van der Waals surface area (Å²) in [6, 6.07) is 4.26. The van der Waals surface area contributed by atoms with Crippen LogP contribution in [0.4, 0.5) is 16.2 Å². The smallest absolute Gasteiger partial charge is 0.410 e. The van der Waals surface area contributed by atoms with Gasteiger partial charge in [0.25, 0.3) is 11.6 Å². The highest BCUT2D eigenvalue weighted by Gasteiger charge is 2.26. The maximum absolute atomic E-state index is 12.2. The normalized spacial score (nSPS) is 14.6. The molecule has 1 fully saturated rings. The number of anilines is 1. The summed E-state index contributed by atoms with van der Waals surface area (Å²) in [7, 11) is 1.41. The van der Waals surface area contributed by atoms with E-state index in [9.17, 15) is 19.7 Å². The molecule has 142 valence electrons. The van der Waals surface area contributed by atoms with Gasteiger partial charge in [-0.3, -0.25) is 19.8 Å². The summed E-state index contributed by atoms with van der Waals surface area (Å²) in [6.07, 6.45) is -0.343. The third-order valence-corrected chi connectivity index (χ3v) is 4.08. The summed E-state index contributed by atoms with van der Waals surface area (Å²) in [5.41, 5.74) is -0.0924. The summed E-state index contributed by atoms with van der Waals surface area (Å²) in [5.74, 6) is 0.0215. The minimum Gasteiger partial charge on any atom is -0.496 e. The summed E-state index contributed by atoms with van der Waals surface area (Å²) in [4.78, 5) is 37.1. The van der Waals surface area contributed by atoms with Crippen LogP contribution in [0.25, 0.3) is 0 Å². The fourth-order valence-electron chi connectivity index (χ4n) is 2.71. The fourth-order valence-corrected chi connectivity index (χ4v) is 2.71. The Morgan fingerprint density at radius 2 is 2.04 bits per heavy atom. The number of hydrogen-bond donors (Lipinski definition) is 2. The molecule has 0 bridgehead atoms. The van der Waals surface area contributed by atoms with Crippen molar-refractivity contribution < 1.29 is 28.9 Å². The first-order valence-corrected chi connectivity index (χ1v) is 8.32. The molecule has 1 aromatic rings. The molecule has 1 heterocycles. The van der Waals surface area contributed by atoms with Crippen LogP contribution in [-0.4, -0.2) is 68.3 Å². The van der Waals surface area contributed by atoms with Crippen molar-refractivity contribution in [2.75, 3.05) is 51.8 Å². The lowest BCUT2D eigenvalue weighted by molar-refractivity contribution is -0.895. The number of carbonyl (C=O) groups excluding carboxylic acids is 2. The molecule has 10 nitrogen and oxygen atoms in total. The minimum atomic E-state index is -0.566. The standard InChI is InChI=1S/C16H22N4O6/c1-3-26-16(22)19-8-6-18(7-9-19)11-15(21)17-13-5-4-12(25-2)10-14(13)20(23)24/h4-5,10H,3,6-9,11H2,1-2H3,(H,17,21)/p+1. The second-order valence-corrected chi connectivity index (χ2v) is 5.80. The van der Waals surface area contributed by atoms with Gasteiger partial charge in [0.1, 0.15) is 11.4 Å². The van der Waals surface area contributed by atoms with Crippen molar-refractivity contribution in [2.24, 2.45) is 0 Å². The molecule has 1 aromatic carbocycles. The van der Waals surface area contributed by atoms with Crippen molar-refractivity contribution in [1.82, 2.24) is 4.90 Å². The maximum Gasteiger partial charge on any atom is 0.410 e. The van der Waals surface area contributed by atoms with E-state index in [1.54, 1.807) is 17.9 Å². The SMILES string of the molecule is CCOC(=O)N1CC[NH+](CC(=O)Nc2ccc(OC)cc2[N+](=O)[O-])CC1. The molecule has 0 aromatic heterocycles. The number of quaternary nitrogens is 1. The van der Waals surface area contributed by atoms with Crippen molar-refractivity contribution in [3.05, 3.63) is 28.3 Å². The third-order valence-electron chi connectivity index (χ3n) is 4.08. The molecule has 0 radical (unpaired) electrons. The van der Waals surface area contributed by atoms with Crippen LogP contribution in [0, 0.1) is 10.1 Å². The van der Waals surface area contributed by atoms with E-state index < -0.39 is 4.92 Å². The Morgan fingerprint density at radius 1 is 1.35 bits per heavy atom. The lowest BCUT2D eigenvalue weighted by atomic mass is 10.2. The second kappa shape index (κ2) is 8.99. The number of nitro groups is 1. The van der Waals surface area contributed by atoms with Gasteiger partial charge in [0.2, 0.25) is 0 Å². The molecule has 0 saturated carbocycles. The zero-order chi connectivity index (χ0) is 19.1. The second-order valence-electron chi connectivity index (χ2n) is 5.80. The number of methoxy groups -OCH3 is 1. The quantitative estimate of drug-likeness (QED) is 0.536. The van der Waals surface area contributed by atoms with E-state index in [1.165, 1.54) is 19.2 Å². The van der Waals surface area contributed by atoms with E-state index in [0.29, 0.717) is 38.5 Å². The van der Waals surface area contributed by atoms with Crippen LogP contribution in [-0.2, 0) is 9.53 Å². The van der Waals surface area contributed by atoms with Crippen LogP contribution in [0.3, 0.4) is 0 Å². The molecule has 0 spiro atoms. The van der Waals surface area contributed by atoms with E-state index in [2.05, 4.69) is 5.32 Å². The minimum absolute atomic E-state index is 0.130. The summed E-state index contributed by atoms with van der Waals surface area (Å²) in [5, 5.41) is 13.7. The van der Waals surface area contributed by atoms with Crippen molar-refractivity contribution in [1.29, 1.82) is 0 Å². The Bertz CT molecular complexity index is 673. The van der Waals surface area contributed by atoms with E-state index in [1.807, 2.05) is 0 Å². The Labute approximate surface area is 150 Å². The van der Waals surface area contributed by atoms with Crippen LogP contribution in [0.5, 0.6) is 5.75 Å². The molecule has 0 atom stereocenters. The number of nitro benzene ring substituents is 1. The van der Waals surface area contributed by atoms with Crippen LogP contribution in [0.2, 0.25) is 0 Å². The summed E-state index contributed by atoms with van der Waals surface area (Å²) >= 11 is 0. The number of ether oxygens (including phenoxy) is 2. The molecule has 0 unspecified atom stereocenters. The third kappa shape index (κ3) is 5.06. The first-order chi connectivity index (χ1) is 12.4. The van der Waals surface area contributed by atoms with Crippen LogP contribution < -0.4 is 15.0 Å². The highest BCUT2D eigenvalue weighted by atomic mass is 16.6. The number of nitrogens with zero attached hydrogens (tertiary/aromatic N) is 2. The zero-order valence-electron chi connectivity index (χ0n) is 14.8. The molecular formula is C16H23N4O6+. The number of benzene rings is 1. The predicted octanol–water partition coefficient (Wildman–Crippen LogP) is -0.101. The average molecular weight is 367 g/mol. The fraction of sp³-hybridized carbons (Fsp3) is 0.500. The number of rotatable bonds is 6. The van der Waals surface area contributed by atoms with Crippen molar-refractivity contribution in [3.63, 3.8) is 0 Å². The van der Waals surface area contributed by atoms with Gasteiger partial charge in [-0.15, -0.1) is 0 Å². The van der Waals surface area contributed by atoms with Gasteiger partial charge >= 0.3 is 6.09 Å². The molecular weight excluding hydrogens is 344 g/mol. The van der Waals surface area contributed by atoms with Crippen LogP contribution >= 0.6 is 0 Å². The van der Waals surface area contributed by atoms with Gasteiger partial charge in [-0.1, -0.05) is 0 Å². The largest absolute Gasteiger partial charge is 0.496 e. The van der Waals surface area contributed by atoms with E-state index >= 15 is 0 Å². The zero-order valence-corrected chi connectivity index (χ0v) is 14.8. The van der Waals surface area contributed by atoms with Gasteiger partial charge in [-0.2, -0.15) is 0 Å². The molecule has 2 rings (SSSR count). The number of hydrogen-bond acceptors (Lipinski definition) is 6. The Morgan fingerprint density at radius 3 is 2.62 bits per heavy atom. The van der Waals surface area contributed by atoms with Gasteiger partial charge < -0.3 is 19.7 Å². The van der Waals surface area contributed by atoms with Crippen LogP contribution in [0.1, 0.15) is 6.92 Å². The highest BCUT2D eigenvalue weighted by molar-refractivity contribution is 5.93. The number of nitrogens with one attached hydrogen (secondary N) is 2. The van der Waals surface area contributed by atoms with Gasteiger partial charge in [-0.25, -0.2) is 4.79 Å². The summed E-state index contributed by atoms with van der Waals surface area (Å²) < 4.78 is 9.93. The monoisotopic (exact) mass is 367 g/mol. The highest BCUT2D eigenvalue weighted by Crippen LogP contribution is 2.28. The summed E-state index contributed by atoms with van der Waals surface area (Å²) in [6.45, 7) is 4.47. The molecule has 0 aliphatic carbocycles. The predicted molar refractivity (Wildman–Crippen MR) is 92.4 cm³/mol. The molecule has 1 aliphatic rings. The van der Waals surface area contributed by atoms with E-state index in [0.717, 1.165) is 4.90 Å². The maximum atomic E-state index is 12.2. The first kappa shape index (κ1) is 19.4. The Hall–Kier alpha value is -2.88. The van der Waals surface area contributed by atoms with Crippen molar-refractivity contribution in [2.45, 2.75) is 6.92 Å². The molecule has 1 aliphatic heterocycles.